The minimum atomic E-state index is -0.0528. The number of hydrogen-bond acceptors (Lipinski definition) is 2. The van der Waals surface area contributed by atoms with Gasteiger partial charge < -0.3 is 10.4 Å². The van der Waals surface area contributed by atoms with Crippen LogP contribution in [0.1, 0.15) is 84.5 Å². The van der Waals surface area contributed by atoms with Crippen LogP contribution >= 0.6 is 0 Å². The molecule has 2 heteroatoms. The highest BCUT2D eigenvalue weighted by Gasteiger charge is 2.26. The number of aliphatic hydroxyl groups excluding tert-OH is 1. The topological polar surface area (TPSA) is 32.3 Å². The second-order valence-corrected chi connectivity index (χ2v) is 6.36. The van der Waals surface area contributed by atoms with E-state index in [-0.39, 0.29) is 12.1 Å². The summed E-state index contributed by atoms with van der Waals surface area (Å²) in [6, 6.07) is 0.635. The number of unbranched alkanes of at least 4 members (excludes halogenated alkanes) is 3. The van der Waals surface area contributed by atoms with Gasteiger partial charge in [-0.3, -0.25) is 0 Å². The molecule has 1 fully saturated rings. The van der Waals surface area contributed by atoms with Gasteiger partial charge in [0.25, 0.3) is 0 Å². The van der Waals surface area contributed by atoms with Crippen LogP contribution in [0.15, 0.2) is 0 Å². The summed E-state index contributed by atoms with van der Waals surface area (Å²) in [5.41, 5.74) is -0.0528. The zero-order valence-corrected chi connectivity index (χ0v) is 12.5. The summed E-state index contributed by atoms with van der Waals surface area (Å²) in [7, 11) is 0. The van der Waals surface area contributed by atoms with E-state index >= 15 is 0 Å². The third-order valence-electron chi connectivity index (χ3n) is 4.34. The van der Waals surface area contributed by atoms with Crippen LogP contribution in [0.5, 0.6) is 0 Å². The van der Waals surface area contributed by atoms with Gasteiger partial charge in [-0.1, -0.05) is 58.3 Å². The van der Waals surface area contributed by atoms with Crippen LogP contribution in [0.4, 0.5) is 0 Å². The third-order valence-corrected chi connectivity index (χ3v) is 4.34. The first-order valence-electron chi connectivity index (χ1n) is 8.09. The maximum atomic E-state index is 9.68. The summed E-state index contributed by atoms with van der Waals surface area (Å²) in [6.07, 6.45) is 14.4. The van der Waals surface area contributed by atoms with Crippen molar-refractivity contribution in [3.8, 4) is 0 Å². The molecule has 1 aliphatic carbocycles. The fraction of sp³-hybridized carbons (Fsp3) is 1.00. The van der Waals surface area contributed by atoms with Crippen LogP contribution in [0, 0.1) is 0 Å². The first-order chi connectivity index (χ1) is 8.70. The smallest absolute Gasteiger partial charge is 0.0610 e. The summed E-state index contributed by atoms with van der Waals surface area (Å²) < 4.78 is 0. The normalized spacial score (nSPS) is 21.5. The zero-order valence-electron chi connectivity index (χ0n) is 12.5. The lowest BCUT2D eigenvalue weighted by atomic mass is 9.92. The van der Waals surface area contributed by atoms with E-state index < -0.39 is 0 Å². The van der Waals surface area contributed by atoms with Crippen molar-refractivity contribution < 1.29 is 5.11 Å². The van der Waals surface area contributed by atoms with Crippen LogP contribution in [0.3, 0.4) is 0 Å². The number of rotatable bonds is 8. The Morgan fingerprint density at radius 3 is 2.28 bits per heavy atom. The fourth-order valence-corrected chi connectivity index (χ4v) is 3.06. The molecule has 0 heterocycles. The molecule has 2 N–H and O–H groups in total. The third kappa shape index (κ3) is 6.19. The molecule has 0 aromatic rings. The van der Waals surface area contributed by atoms with E-state index in [0.29, 0.717) is 6.04 Å². The van der Waals surface area contributed by atoms with E-state index in [4.69, 9.17) is 0 Å². The van der Waals surface area contributed by atoms with Gasteiger partial charge in [0.1, 0.15) is 0 Å². The lowest BCUT2D eigenvalue weighted by Gasteiger charge is -2.33. The van der Waals surface area contributed by atoms with Crippen LogP contribution in [0.25, 0.3) is 0 Å². The quantitative estimate of drug-likeness (QED) is 0.507. The SMILES string of the molecule is CCCCCCC(C)(CO)NC1CCCCCC1. The molecule has 0 amide bonds. The molecule has 1 saturated carbocycles. The van der Waals surface area contributed by atoms with Gasteiger partial charge >= 0.3 is 0 Å². The van der Waals surface area contributed by atoms with Crippen molar-refractivity contribution in [3.63, 3.8) is 0 Å². The van der Waals surface area contributed by atoms with Crippen molar-refractivity contribution in [2.45, 2.75) is 96.1 Å². The van der Waals surface area contributed by atoms with Crippen molar-refractivity contribution in [3.05, 3.63) is 0 Å². The average molecular weight is 255 g/mol. The monoisotopic (exact) mass is 255 g/mol. The van der Waals surface area contributed by atoms with E-state index in [1.54, 1.807) is 0 Å². The summed E-state index contributed by atoms with van der Waals surface area (Å²) in [5.74, 6) is 0. The predicted octanol–water partition coefficient (Wildman–Crippen LogP) is 4.02. The highest BCUT2D eigenvalue weighted by atomic mass is 16.3. The molecule has 1 atom stereocenters. The van der Waals surface area contributed by atoms with Crippen LogP contribution in [0.2, 0.25) is 0 Å². The molecule has 108 valence electrons. The molecule has 1 unspecified atom stereocenters. The van der Waals surface area contributed by atoms with Gasteiger partial charge in [-0.05, 0) is 26.2 Å². The highest BCUT2D eigenvalue weighted by Crippen LogP contribution is 2.22. The Kier molecular flexibility index (Phi) is 7.92. The molecular weight excluding hydrogens is 222 g/mol. The first-order valence-corrected chi connectivity index (χ1v) is 8.09. The number of hydrogen-bond donors (Lipinski definition) is 2. The van der Waals surface area contributed by atoms with Gasteiger partial charge in [-0.2, -0.15) is 0 Å². The van der Waals surface area contributed by atoms with Gasteiger partial charge in [0, 0.05) is 11.6 Å². The van der Waals surface area contributed by atoms with Crippen LogP contribution < -0.4 is 5.32 Å². The maximum Gasteiger partial charge on any atom is 0.0610 e. The Morgan fingerprint density at radius 2 is 1.72 bits per heavy atom. The molecule has 0 aromatic heterocycles. The Labute approximate surface area is 114 Å². The molecular formula is C16H33NO. The van der Waals surface area contributed by atoms with Crippen molar-refractivity contribution in [1.29, 1.82) is 0 Å². The summed E-state index contributed by atoms with van der Waals surface area (Å²) >= 11 is 0. The molecule has 2 nitrogen and oxygen atoms in total. The van der Waals surface area contributed by atoms with Gasteiger partial charge in [-0.15, -0.1) is 0 Å². The van der Waals surface area contributed by atoms with Gasteiger partial charge in [-0.25, -0.2) is 0 Å². The molecule has 1 rings (SSSR count). The molecule has 0 radical (unpaired) electrons. The molecule has 0 aliphatic heterocycles. The lowest BCUT2D eigenvalue weighted by molar-refractivity contribution is 0.145. The van der Waals surface area contributed by atoms with Crippen molar-refractivity contribution in [2.24, 2.45) is 0 Å². The summed E-state index contributed by atoms with van der Waals surface area (Å²) in [5, 5.41) is 13.4. The minimum absolute atomic E-state index is 0.0528. The second-order valence-electron chi connectivity index (χ2n) is 6.36. The Bertz CT molecular complexity index is 199. The van der Waals surface area contributed by atoms with Crippen LogP contribution in [-0.2, 0) is 0 Å². The lowest BCUT2D eigenvalue weighted by Crippen LogP contribution is -2.50. The van der Waals surface area contributed by atoms with Crippen molar-refractivity contribution in [1.82, 2.24) is 5.32 Å². The Balaban J connectivity index is 2.32. The minimum Gasteiger partial charge on any atom is -0.394 e. The number of aliphatic hydroxyl groups is 1. The van der Waals surface area contributed by atoms with E-state index in [0.717, 1.165) is 6.42 Å². The predicted molar refractivity (Wildman–Crippen MR) is 78.9 cm³/mol. The van der Waals surface area contributed by atoms with Gasteiger partial charge in [0.2, 0.25) is 0 Å². The van der Waals surface area contributed by atoms with E-state index in [1.165, 1.54) is 64.2 Å². The van der Waals surface area contributed by atoms with E-state index in [9.17, 15) is 5.11 Å². The molecule has 0 saturated heterocycles. The fourth-order valence-electron chi connectivity index (χ4n) is 3.06. The standard InChI is InChI=1S/C16H33NO/c1-3-4-5-10-13-16(2,14-18)17-15-11-8-6-7-9-12-15/h15,17-18H,3-14H2,1-2H3. The first kappa shape index (κ1) is 16.0. The zero-order chi connectivity index (χ0) is 13.3. The molecule has 18 heavy (non-hydrogen) atoms. The largest absolute Gasteiger partial charge is 0.394 e. The van der Waals surface area contributed by atoms with E-state index in [1.807, 2.05) is 0 Å². The summed E-state index contributed by atoms with van der Waals surface area (Å²) in [4.78, 5) is 0. The maximum absolute atomic E-state index is 9.68. The Morgan fingerprint density at radius 1 is 1.06 bits per heavy atom. The molecule has 0 spiro atoms. The van der Waals surface area contributed by atoms with Gasteiger partial charge in [0.05, 0.1) is 6.61 Å². The molecule has 1 aliphatic rings. The number of nitrogens with one attached hydrogen (secondary N) is 1. The second kappa shape index (κ2) is 8.92. The van der Waals surface area contributed by atoms with Crippen molar-refractivity contribution >= 4 is 0 Å². The van der Waals surface area contributed by atoms with Gasteiger partial charge in [0.15, 0.2) is 0 Å². The average Bonchev–Trinajstić information content (AvgIpc) is 2.63. The Hall–Kier alpha value is -0.0800. The molecule has 0 aromatic carbocycles. The summed E-state index contributed by atoms with van der Waals surface area (Å²) in [6.45, 7) is 4.72. The van der Waals surface area contributed by atoms with E-state index in [2.05, 4.69) is 19.2 Å². The highest BCUT2D eigenvalue weighted by molar-refractivity contribution is 4.86. The van der Waals surface area contributed by atoms with Crippen molar-refractivity contribution in [2.75, 3.05) is 6.61 Å². The molecule has 0 bridgehead atoms. The van der Waals surface area contributed by atoms with Crippen LogP contribution in [-0.4, -0.2) is 23.3 Å².